The van der Waals surface area contributed by atoms with E-state index in [1.807, 2.05) is 0 Å². The van der Waals surface area contributed by atoms with Crippen LogP contribution in [0.25, 0.3) is 0 Å². The molecule has 0 bridgehead atoms. The summed E-state index contributed by atoms with van der Waals surface area (Å²) in [6.07, 6.45) is -1.20. The fourth-order valence-electron chi connectivity index (χ4n) is 3.92. The third-order valence-electron chi connectivity index (χ3n) is 5.54. The zero-order valence-corrected chi connectivity index (χ0v) is 17.7. The van der Waals surface area contributed by atoms with E-state index in [-0.39, 0.29) is 32.6 Å². The first-order valence-electron chi connectivity index (χ1n) is 10.4. The largest absolute Gasteiger partial charge is 0.604 e. The van der Waals surface area contributed by atoms with Crippen LogP contribution in [-0.2, 0) is 19.2 Å². The summed E-state index contributed by atoms with van der Waals surface area (Å²) in [5.74, 6) is -3.35. The van der Waals surface area contributed by atoms with E-state index in [4.69, 9.17) is 5.11 Å². The van der Waals surface area contributed by atoms with Gasteiger partial charge in [0.05, 0.1) is 12.5 Å². The van der Waals surface area contributed by atoms with Gasteiger partial charge in [0, 0.05) is 25.1 Å². The number of carbonyl (C=O) groups is 5. The second-order valence-corrected chi connectivity index (χ2v) is 7.91. The Labute approximate surface area is 189 Å². The molecule has 3 unspecified atom stereocenters. The van der Waals surface area contributed by atoms with Crippen molar-refractivity contribution in [2.75, 3.05) is 25.1 Å². The minimum absolute atomic E-state index is 0.0272. The monoisotopic (exact) mass is 462 g/mol. The minimum atomic E-state index is -1.28. The van der Waals surface area contributed by atoms with E-state index in [1.54, 1.807) is 30.3 Å². The number of carboxylic acid groups (broad SMARTS) is 1. The van der Waals surface area contributed by atoms with Gasteiger partial charge in [0.1, 0.15) is 25.4 Å². The maximum absolute atomic E-state index is 13.9. The van der Waals surface area contributed by atoms with E-state index >= 15 is 0 Å². The molecule has 0 radical (unpaired) electrons. The van der Waals surface area contributed by atoms with Gasteiger partial charge >= 0.3 is 12.0 Å². The van der Waals surface area contributed by atoms with E-state index in [9.17, 15) is 29.2 Å². The Kier molecular flexibility index (Phi) is 7.58. The van der Waals surface area contributed by atoms with Crippen molar-refractivity contribution >= 4 is 35.8 Å². The van der Waals surface area contributed by atoms with Gasteiger partial charge in [-0.2, -0.15) is 5.01 Å². The number of fused-ring (bicyclic) bond motifs is 1. The fourth-order valence-corrected chi connectivity index (χ4v) is 3.92. The number of carbonyl (C=O) groups excluding carboxylic acids is 4. The minimum Gasteiger partial charge on any atom is -0.604 e. The molecule has 33 heavy (non-hydrogen) atoms. The van der Waals surface area contributed by atoms with E-state index in [1.165, 1.54) is 0 Å². The number of hydrogen-bond donors (Lipinski definition) is 5. The summed E-state index contributed by atoms with van der Waals surface area (Å²) < 4.78 is -1.28. The Morgan fingerprint density at radius 1 is 1.30 bits per heavy atom. The molecule has 2 saturated heterocycles. The van der Waals surface area contributed by atoms with Gasteiger partial charge in [0.2, 0.25) is 5.91 Å². The molecule has 4 atom stereocenters. The summed E-state index contributed by atoms with van der Waals surface area (Å²) in [5, 5.41) is 34.3. The molecule has 0 spiro atoms. The summed E-state index contributed by atoms with van der Waals surface area (Å²) in [4.78, 5) is 59.7. The van der Waals surface area contributed by atoms with Crippen LogP contribution in [0.4, 0.5) is 10.5 Å². The lowest BCUT2D eigenvalue weighted by Gasteiger charge is -2.55. The molecular weight excluding hydrogens is 436 g/mol. The number of nitrogens with one attached hydrogen (secondary N) is 4. The van der Waals surface area contributed by atoms with Crippen LogP contribution in [0, 0.1) is 11.1 Å². The van der Waals surface area contributed by atoms with Crippen LogP contribution in [0.3, 0.4) is 0 Å². The summed E-state index contributed by atoms with van der Waals surface area (Å²) in [6.45, 7) is -0.490. The zero-order valence-electron chi connectivity index (χ0n) is 17.7. The average molecular weight is 462 g/mol. The number of benzene rings is 1. The summed E-state index contributed by atoms with van der Waals surface area (Å²) in [7, 11) is 0. The molecule has 4 amide bonds. The normalized spacial score (nSPS) is 25.7. The van der Waals surface area contributed by atoms with E-state index in [0.29, 0.717) is 12.0 Å². The van der Waals surface area contributed by atoms with Crippen molar-refractivity contribution in [2.45, 2.75) is 31.5 Å². The highest BCUT2D eigenvalue weighted by Crippen LogP contribution is 2.29. The number of quaternary nitrogens is 1. The number of hydroxylamine groups is 2. The zero-order chi connectivity index (χ0) is 24.0. The quantitative estimate of drug-likeness (QED) is 0.201. The number of hydrogen-bond acceptors (Lipinski definition) is 7. The maximum Gasteiger partial charge on any atom is 0.323 e. The van der Waals surface area contributed by atoms with Crippen LogP contribution >= 0.6 is 0 Å². The van der Waals surface area contributed by atoms with Crippen molar-refractivity contribution in [3.05, 3.63) is 35.5 Å². The van der Waals surface area contributed by atoms with Crippen LogP contribution in [0.5, 0.6) is 0 Å². The molecule has 3 rings (SSSR count). The number of carboxylic acids is 1. The lowest BCUT2D eigenvalue weighted by Crippen LogP contribution is -2.72. The molecular formula is C20H26N6O7. The molecule has 0 aromatic heterocycles. The third-order valence-corrected chi connectivity index (χ3v) is 5.54. The highest BCUT2D eigenvalue weighted by molar-refractivity contribution is 5.89. The highest BCUT2D eigenvalue weighted by Gasteiger charge is 2.48. The number of nitrogens with zero attached hydrogens (tertiary/aromatic N) is 2. The number of amides is 4. The molecule has 1 aromatic rings. The van der Waals surface area contributed by atoms with Gasteiger partial charge in [-0.25, -0.2) is 9.55 Å². The maximum atomic E-state index is 13.9. The first-order chi connectivity index (χ1) is 15.7. The first-order valence-corrected chi connectivity index (χ1v) is 10.4. The predicted molar refractivity (Wildman–Crippen MR) is 114 cm³/mol. The lowest BCUT2D eigenvalue weighted by molar-refractivity contribution is -1.01. The average Bonchev–Trinajstić information content (AvgIpc) is 2.96. The standard InChI is InChI=1S/C20H26N6O7/c27-11-15(8-18(29)30)22-19(31)13-9-21-12-25-17(28)7-6-16(26(25,33)10-13)24-20(32)23-14-4-2-1-3-5-14/h1-5,11,13,15-16,21H,6-10,12H2,(H,22,31)(H,29,30)(H2,23,24,32)/t13?,15-,16?,26?/m0/s1. The fraction of sp³-hybridized carbons (Fsp3) is 0.450. The Morgan fingerprint density at radius 2 is 2.03 bits per heavy atom. The Morgan fingerprint density at radius 3 is 2.70 bits per heavy atom. The van der Waals surface area contributed by atoms with Crippen molar-refractivity contribution < 1.29 is 33.8 Å². The molecule has 2 fully saturated rings. The summed E-state index contributed by atoms with van der Waals surface area (Å²) >= 11 is 0. The summed E-state index contributed by atoms with van der Waals surface area (Å²) in [5.41, 5.74) is 0.518. The van der Waals surface area contributed by atoms with Crippen LogP contribution in [0.15, 0.2) is 30.3 Å². The SMILES string of the molecule is O=C[C@H](CC(=O)O)NC(=O)C1CNCN2C(=O)CCC(NC(=O)Nc3ccccc3)[N+]2([O-])C1. The molecule has 13 heteroatoms. The second kappa shape index (κ2) is 10.4. The van der Waals surface area contributed by atoms with Crippen molar-refractivity contribution in [3.8, 4) is 0 Å². The first kappa shape index (κ1) is 24.1. The molecule has 0 saturated carbocycles. The van der Waals surface area contributed by atoms with Gasteiger partial charge in [-0.3, -0.25) is 25.0 Å². The predicted octanol–water partition coefficient (Wildman–Crippen LogP) is -0.678. The van der Waals surface area contributed by atoms with Crippen molar-refractivity contribution in [3.63, 3.8) is 0 Å². The molecule has 2 heterocycles. The number of aldehydes is 1. The van der Waals surface area contributed by atoms with E-state index in [2.05, 4.69) is 21.3 Å². The number of aliphatic carboxylic acids is 1. The smallest absolute Gasteiger partial charge is 0.323 e. The van der Waals surface area contributed by atoms with Crippen LogP contribution in [0.2, 0.25) is 0 Å². The van der Waals surface area contributed by atoms with Crippen molar-refractivity contribution in [2.24, 2.45) is 5.92 Å². The van der Waals surface area contributed by atoms with Crippen molar-refractivity contribution in [1.29, 1.82) is 0 Å². The Balaban J connectivity index is 1.75. The van der Waals surface area contributed by atoms with E-state index in [0.717, 1.165) is 5.01 Å². The number of anilines is 1. The molecule has 178 valence electrons. The lowest BCUT2D eigenvalue weighted by atomic mass is 10.1. The summed E-state index contributed by atoms with van der Waals surface area (Å²) in [6, 6.07) is 6.73. The number of urea groups is 1. The molecule has 0 aliphatic carbocycles. The van der Waals surface area contributed by atoms with Crippen molar-refractivity contribution in [1.82, 2.24) is 21.0 Å². The van der Waals surface area contributed by atoms with Gasteiger partial charge in [-0.1, -0.05) is 18.2 Å². The Bertz CT molecular complexity index is 913. The molecule has 2 aliphatic heterocycles. The van der Waals surface area contributed by atoms with Crippen LogP contribution in [0.1, 0.15) is 19.3 Å². The van der Waals surface area contributed by atoms with Crippen LogP contribution < -0.4 is 21.3 Å². The van der Waals surface area contributed by atoms with Gasteiger partial charge < -0.3 is 25.7 Å². The van der Waals surface area contributed by atoms with E-state index < -0.39 is 53.1 Å². The topological polar surface area (TPSA) is 180 Å². The number of rotatable bonds is 7. The molecule has 5 N–H and O–H groups in total. The number of para-hydroxylation sites is 1. The molecule has 1 aromatic carbocycles. The van der Waals surface area contributed by atoms with Gasteiger partial charge in [-0.05, 0) is 12.1 Å². The van der Waals surface area contributed by atoms with Gasteiger partial charge in [0.15, 0.2) is 6.17 Å². The molecule has 13 nitrogen and oxygen atoms in total. The highest BCUT2D eigenvalue weighted by atomic mass is 16.6. The van der Waals surface area contributed by atoms with Gasteiger partial charge in [0.25, 0.3) is 5.91 Å². The van der Waals surface area contributed by atoms with Crippen LogP contribution in [-0.4, -0.2) is 76.9 Å². The Hall–Kier alpha value is -3.55. The second-order valence-electron chi connectivity index (χ2n) is 7.91. The third kappa shape index (κ3) is 5.83. The molecule has 2 aliphatic rings. The van der Waals surface area contributed by atoms with Gasteiger partial charge in [-0.15, -0.1) is 0 Å².